The van der Waals surface area contributed by atoms with E-state index in [0.717, 1.165) is 20.9 Å². The van der Waals surface area contributed by atoms with Crippen molar-refractivity contribution in [2.45, 2.75) is 26.3 Å². The van der Waals surface area contributed by atoms with Gasteiger partial charge in [0, 0.05) is 29.4 Å². The van der Waals surface area contributed by atoms with Crippen LogP contribution in [-0.4, -0.2) is 29.5 Å². The first-order chi connectivity index (χ1) is 10.0. The number of fused-ring (bicyclic) bond motifs is 1. The number of rotatable bonds is 5. The second kappa shape index (κ2) is 6.76. The van der Waals surface area contributed by atoms with Crippen LogP contribution in [0.1, 0.15) is 19.4 Å². The van der Waals surface area contributed by atoms with Gasteiger partial charge in [-0.2, -0.15) is 0 Å². The Kier molecular flexibility index (Phi) is 5.01. The number of esters is 1. The number of hydrogen-bond donors (Lipinski definition) is 2. The molecule has 21 heavy (non-hydrogen) atoms. The zero-order valence-corrected chi connectivity index (χ0v) is 13.5. The maximum atomic E-state index is 12.0. The van der Waals surface area contributed by atoms with Gasteiger partial charge in [0.15, 0.2) is 0 Å². The normalized spacial score (nSPS) is 12.1. The summed E-state index contributed by atoms with van der Waals surface area (Å²) in [4.78, 5) is 26.4. The molecule has 0 radical (unpaired) electrons. The molecule has 1 unspecified atom stereocenters. The van der Waals surface area contributed by atoms with Gasteiger partial charge < -0.3 is 15.0 Å². The summed E-state index contributed by atoms with van der Waals surface area (Å²) in [5, 5.41) is 3.66. The molecule has 0 aliphatic carbocycles. The number of benzene rings is 1. The van der Waals surface area contributed by atoms with Gasteiger partial charge in [0.25, 0.3) is 0 Å². The Bertz CT molecular complexity index is 666. The highest BCUT2D eigenvalue weighted by Crippen LogP contribution is 2.26. The van der Waals surface area contributed by atoms with E-state index < -0.39 is 12.0 Å². The van der Waals surface area contributed by atoms with Crippen LogP contribution >= 0.6 is 15.9 Å². The maximum Gasteiger partial charge on any atom is 0.328 e. The molecule has 0 bridgehead atoms. The van der Waals surface area contributed by atoms with E-state index in [1.54, 1.807) is 6.92 Å². The third kappa shape index (κ3) is 3.64. The number of aromatic nitrogens is 1. The van der Waals surface area contributed by atoms with Gasteiger partial charge in [-0.15, -0.1) is 0 Å². The van der Waals surface area contributed by atoms with Crippen LogP contribution in [0.2, 0.25) is 0 Å². The lowest BCUT2D eigenvalue weighted by atomic mass is 10.0. The highest BCUT2D eigenvalue weighted by atomic mass is 79.9. The summed E-state index contributed by atoms with van der Waals surface area (Å²) in [6, 6.07) is 5.17. The van der Waals surface area contributed by atoms with Gasteiger partial charge in [-0.05, 0) is 34.5 Å². The Morgan fingerprint density at radius 2 is 2.19 bits per heavy atom. The van der Waals surface area contributed by atoms with Gasteiger partial charge in [0.1, 0.15) is 6.04 Å². The highest BCUT2D eigenvalue weighted by Gasteiger charge is 2.22. The van der Waals surface area contributed by atoms with Crippen molar-refractivity contribution in [2.24, 2.45) is 0 Å². The van der Waals surface area contributed by atoms with E-state index in [4.69, 9.17) is 4.74 Å². The first kappa shape index (κ1) is 15.6. The predicted octanol–water partition coefficient (Wildman–Crippen LogP) is 2.54. The van der Waals surface area contributed by atoms with E-state index in [1.807, 2.05) is 24.4 Å². The number of nitrogens with one attached hydrogen (secondary N) is 2. The Balaban J connectivity index is 2.27. The molecule has 0 saturated heterocycles. The summed E-state index contributed by atoms with van der Waals surface area (Å²) in [6.07, 6.45) is 2.23. The summed E-state index contributed by atoms with van der Waals surface area (Å²) in [6.45, 7) is 3.41. The van der Waals surface area contributed by atoms with E-state index in [0.29, 0.717) is 6.42 Å². The zero-order valence-electron chi connectivity index (χ0n) is 11.9. The van der Waals surface area contributed by atoms with Crippen LogP contribution in [0.4, 0.5) is 0 Å². The lowest BCUT2D eigenvalue weighted by Crippen LogP contribution is -2.42. The quantitative estimate of drug-likeness (QED) is 0.812. The molecule has 2 rings (SSSR count). The maximum absolute atomic E-state index is 12.0. The van der Waals surface area contributed by atoms with Crippen molar-refractivity contribution in [1.82, 2.24) is 10.3 Å². The van der Waals surface area contributed by atoms with Gasteiger partial charge in [0.2, 0.25) is 5.91 Å². The van der Waals surface area contributed by atoms with Crippen molar-refractivity contribution in [3.8, 4) is 0 Å². The van der Waals surface area contributed by atoms with Crippen LogP contribution < -0.4 is 5.32 Å². The van der Waals surface area contributed by atoms with E-state index in [9.17, 15) is 9.59 Å². The minimum atomic E-state index is -0.680. The summed E-state index contributed by atoms with van der Waals surface area (Å²) >= 11 is 3.48. The first-order valence-electron chi connectivity index (χ1n) is 6.71. The smallest absolute Gasteiger partial charge is 0.328 e. The van der Waals surface area contributed by atoms with Gasteiger partial charge in [-0.3, -0.25) is 4.79 Å². The van der Waals surface area contributed by atoms with Crippen LogP contribution in [0, 0.1) is 0 Å². The fraction of sp³-hybridized carbons (Fsp3) is 0.333. The summed E-state index contributed by atoms with van der Waals surface area (Å²) in [5.74, 6) is -0.675. The van der Waals surface area contributed by atoms with Gasteiger partial charge in [0.05, 0.1) is 12.1 Å². The second-order valence-corrected chi connectivity index (χ2v) is 5.54. The number of amides is 1. The third-order valence-corrected chi connectivity index (χ3v) is 3.78. The zero-order chi connectivity index (χ0) is 15.4. The Hall–Kier alpha value is -1.82. The Morgan fingerprint density at radius 3 is 2.86 bits per heavy atom. The van der Waals surface area contributed by atoms with Crippen molar-refractivity contribution < 1.29 is 14.3 Å². The van der Waals surface area contributed by atoms with Gasteiger partial charge in [-0.1, -0.05) is 12.1 Å². The van der Waals surface area contributed by atoms with Crippen LogP contribution in [0.25, 0.3) is 10.9 Å². The molecule has 0 fully saturated rings. The predicted molar refractivity (Wildman–Crippen MR) is 83.9 cm³/mol. The molecule has 112 valence electrons. The molecule has 6 heteroatoms. The molecular formula is C15H17BrN2O3. The number of aromatic amines is 1. The molecule has 1 amide bonds. The SMILES string of the molecule is CCOC(=O)C(Cc1c[nH]c2c(Br)cccc12)NC(C)=O. The fourth-order valence-electron chi connectivity index (χ4n) is 2.25. The summed E-state index contributed by atoms with van der Waals surface area (Å²) < 4.78 is 5.97. The average molecular weight is 353 g/mol. The van der Waals surface area contributed by atoms with Crippen molar-refractivity contribution in [3.05, 3.63) is 34.4 Å². The standard InChI is InChI=1S/C15H17BrN2O3/c1-3-21-15(20)13(18-9(2)19)7-10-8-17-14-11(10)5-4-6-12(14)16/h4-6,8,13,17H,3,7H2,1-2H3,(H,18,19). The van der Waals surface area contributed by atoms with Crippen LogP contribution in [-0.2, 0) is 20.7 Å². The molecule has 5 nitrogen and oxygen atoms in total. The fourth-order valence-corrected chi connectivity index (χ4v) is 2.73. The molecule has 1 aromatic heterocycles. The van der Waals surface area contributed by atoms with Crippen LogP contribution in [0.3, 0.4) is 0 Å². The van der Waals surface area contributed by atoms with Gasteiger partial charge in [-0.25, -0.2) is 4.79 Å². The number of hydrogen-bond acceptors (Lipinski definition) is 3. The molecular weight excluding hydrogens is 336 g/mol. The van der Waals surface area contributed by atoms with Crippen molar-refractivity contribution in [1.29, 1.82) is 0 Å². The molecule has 0 aliphatic rings. The van der Waals surface area contributed by atoms with E-state index in [1.165, 1.54) is 6.92 Å². The number of para-hydroxylation sites is 1. The minimum Gasteiger partial charge on any atom is -0.464 e. The molecule has 2 N–H and O–H groups in total. The van der Waals surface area contributed by atoms with Crippen LogP contribution in [0.15, 0.2) is 28.9 Å². The molecule has 2 aromatic rings. The van der Waals surface area contributed by atoms with E-state index >= 15 is 0 Å². The number of carbonyl (C=O) groups is 2. The van der Waals surface area contributed by atoms with E-state index in [2.05, 4.69) is 26.2 Å². The van der Waals surface area contributed by atoms with Crippen molar-refractivity contribution >= 4 is 38.7 Å². The first-order valence-corrected chi connectivity index (χ1v) is 7.50. The van der Waals surface area contributed by atoms with Crippen molar-refractivity contribution in [3.63, 3.8) is 0 Å². The number of halogens is 1. The monoisotopic (exact) mass is 352 g/mol. The van der Waals surface area contributed by atoms with Crippen LogP contribution in [0.5, 0.6) is 0 Å². The van der Waals surface area contributed by atoms with E-state index in [-0.39, 0.29) is 12.5 Å². The average Bonchev–Trinajstić information content (AvgIpc) is 2.82. The molecule has 0 saturated carbocycles. The van der Waals surface area contributed by atoms with Crippen molar-refractivity contribution in [2.75, 3.05) is 6.61 Å². The second-order valence-electron chi connectivity index (χ2n) is 4.69. The highest BCUT2D eigenvalue weighted by molar-refractivity contribution is 9.10. The van der Waals surface area contributed by atoms with Gasteiger partial charge >= 0.3 is 5.97 Å². The lowest BCUT2D eigenvalue weighted by Gasteiger charge is -2.16. The number of ether oxygens (including phenoxy) is 1. The topological polar surface area (TPSA) is 71.2 Å². The molecule has 0 aliphatic heterocycles. The minimum absolute atomic E-state index is 0.255. The summed E-state index contributed by atoms with van der Waals surface area (Å²) in [5.41, 5.74) is 1.93. The molecule has 0 spiro atoms. The molecule has 1 heterocycles. The Morgan fingerprint density at radius 1 is 1.43 bits per heavy atom. The molecule has 1 aromatic carbocycles. The largest absolute Gasteiger partial charge is 0.464 e. The Labute approximate surface area is 131 Å². The molecule has 1 atom stereocenters. The number of carbonyl (C=O) groups excluding carboxylic acids is 2. The lowest BCUT2D eigenvalue weighted by molar-refractivity contribution is -0.147. The number of H-pyrrole nitrogens is 1. The summed E-state index contributed by atoms with van der Waals surface area (Å²) in [7, 11) is 0. The third-order valence-electron chi connectivity index (χ3n) is 3.12.